The van der Waals surface area contributed by atoms with Crippen LogP contribution in [0.25, 0.3) is 0 Å². The van der Waals surface area contributed by atoms with Crippen LogP contribution in [0.15, 0.2) is 22.7 Å². The summed E-state index contributed by atoms with van der Waals surface area (Å²) in [6.45, 7) is 0. The third kappa shape index (κ3) is 2.68. The van der Waals surface area contributed by atoms with Crippen molar-refractivity contribution in [3.05, 3.63) is 27.7 Å². The van der Waals surface area contributed by atoms with Gasteiger partial charge in [0.15, 0.2) is 0 Å². The molecule has 0 radical (unpaired) electrons. The Kier molecular flexibility index (Phi) is 3.40. The number of carboxylic acids is 1. The summed E-state index contributed by atoms with van der Waals surface area (Å²) in [6, 6.07) is 4.82. The van der Waals surface area contributed by atoms with E-state index in [1.807, 2.05) is 0 Å². The Morgan fingerprint density at radius 1 is 1.56 bits per heavy atom. The molecular formula is C11H11BrClNO2. The highest BCUT2D eigenvalue weighted by atomic mass is 79.9. The first-order valence-electron chi connectivity index (χ1n) is 5.02. The summed E-state index contributed by atoms with van der Waals surface area (Å²) in [5, 5.41) is 12.7. The van der Waals surface area contributed by atoms with Crippen molar-refractivity contribution in [3.63, 3.8) is 0 Å². The fraction of sp³-hybridized carbons (Fsp3) is 0.364. The van der Waals surface area contributed by atoms with Gasteiger partial charge < -0.3 is 10.4 Å². The normalized spacial score (nSPS) is 16.9. The predicted molar refractivity (Wildman–Crippen MR) is 66.9 cm³/mol. The quantitative estimate of drug-likeness (QED) is 0.896. The Morgan fingerprint density at radius 3 is 2.75 bits per heavy atom. The molecule has 1 unspecified atom stereocenters. The summed E-state index contributed by atoms with van der Waals surface area (Å²) in [4.78, 5) is 11.0. The molecule has 0 aliphatic heterocycles. The van der Waals surface area contributed by atoms with E-state index in [0.29, 0.717) is 5.02 Å². The second kappa shape index (κ2) is 4.63. The molecule has 0 spiro atoms. The van der Waals surface area contributed by atoms with Crippen LogP contribution in [0.5, 0.6) is 0 Å². The van der Waals surface area contributed by atoms with Crippen molar-refractivity contribution in [2.45, 2.75) is 18.9 Å². The molecule has 0 bridgehead atoms. The third-order valence-electron chi connectivity index (χ3n) is 2.60. The van der Waals surface area contributed by atoms with Crippen molar-refractivity contribution in [1.29, 1.82) is 0 Å². The minimum absolute atomic E-state index is 0.256. The zero-order valence-electron chi connectivity index (χ0n) is 8.41. The highest BCUT2D eigenvalue weighted by molar-refractivity contribution is 9.10. The third-order valence-corrected chi connectivity index (χ3v) is 3.82. The van der Waals surface area contributed by atoms with Gasteiger partial charge in [0.05, 0.1) is 5.02 Å². The van der Waals surface area contributed by atoms with Crippen LogP contribution in [0.4, 0.5) is 5.69 Å². The van der Waals surface area contributed by atoms with Crippen molar-refractivity contribution in [2.75, 3.05) is 5.32 Å². The highest BCUT2D eigenvalue weighted by Gasteiger charge is 2.36. The lowest BCUT2D eigenvalue weighted by atomic mass is 10.1. The van der Waals surface area contributed by atoms with Crippen molar-refractivity contribution >= 4 is 39.2 Å². The molecular weight excluding hydrogens is 293 g/mol. The molecule has 1 aromatic rings. The lowest BCUT2D eigenvalue weighted by Crippen LogP contribution is -2.31. The molecule has 1 aromatic carbocycles. The average molecular weight is 305 g/mol. The van der Waals surface area contributed by atoms with Gasteiger partial charge in [-0.2, -0.15) is 0 Å². The summed E-state index contributed by atoms with van der Waals surface area (Å²) in [5.41, 5.74) is 0.774. The van der Waals surface area contributed by atoms with Gasteiger partial charge in [0.1, 0.15) is 6.04 Å². The monoisotopic (exact) mass is 303 g/mol. The second-order valence-electron chi connectivity index (χ2n) is 3.93. The van der Waals surface area contributed by atoms with Crippen LogP contribution >= 0.6 is 27.5 Å². The van der Waals surface area contributed by atoms with Crippen molar-refractivity contribution in [3.8, 4) is 0 Å². The minimum Gasteiger partial charge on any atom is -0.480 e. The van der Waals surface area contributed by atoms with E-state index in [-0.39, 0.29) is 5.92 Å². The van der Waals surface area contributed by atoms with Gasteiger partial charge >= 0.3 is 5.97 Å². The Bertz CT molecular complexity index is 420. The number of hydrogen-bond acceptors (Lipinski definition) is 2. The van der Waals surface area contributed by atoms with E-state index in [1.54, 1.807) is 18.2 Å². The number of benzene rings is 1. The Hall–Kier alpha value is -0.740. The van der Waals surface area contributed by atoms with Crippen LogP contribution in [-0.4, -0.2) is 17.1 Å². The summed E-state index contributed by atoms with van der Waals surface area (Å²) in [7, 11) is 0. The minimum atomic E-state index is -0.798. The first-order chi connectivity index (χ1) is 7.58. The number of halogens is 2. The first-order valence-corrected chi connectivity index (χ1v) is 6.19. The van der Waals surface area contributed by atoms with Gasteiger partial charge in [-0.05, 0) is 52.9 Å². The van der Waals surface area contributed by atoms with Crippen LogP contribution in [-0.2, 0) is 4.79 Å². The molecule has 16 heavy (non-hydrogen) atoms. The average Bonchev–Trinajstić information content (AvgIpc) is 3.03. The summed E-state index contributed by atoms with van der Waals surface area (Å²) < 4.78 is 0.763. The Morgan fingerprint density at radius 2 is 2.25 bits per heavy atom. The van der Waals surface area contributed by atoms with Gasteiger partial charge in [-0.3, -0.25) is 0 Å². The number of carbonyl (C=O) groups is 1. The molecule has 5 heteroatoms. The summed E-state index contributed by atoms with van der Waals surface area (Å²) in [6.07, 6.45) is 1.97. The number of rotatable bonds is 4. The van der Waals surface area contributed by atoms with Crippen molar-refractivity contribution in [2.24, 2.45) is 5.92 Å². The van der Waals surface area contributed by atoms with E-state index in [2.05, 4.69) is 21.2 Å². The fourth-order valence-electron chi connectivity index (χ4n) is 1.58. The molecule has 0 heterocycles. The second-order valence-corrected chi connectivity index (χ2v) is 5.19. The molecule has 2 N–H and O–H groups in total. The SMILES string of the molecule is O=C(O)C(Nc1ccc(Cl)c(Br)c1)C1CC1. The van der Waals surface area contributed by atoms with Crippen LogP contribution in [0.2, 0.25) is 5.02 Å². The largest absolute Gasteiger partial charge is 0.480 e. The standard InChI is InChI=1S/C11H11BrClNO2/c12-8-5-7(3-4-9(8)13)14-10(11(15)16)6-1-2-6/h3-6,10,14H,1-2H2,(H,15,16). The van der Waals surface area contributed by atoms with Gasteiger partial charge in [0.25, 0.3) is 0 Å². The molecule has 1 saturated carbocycles. The number of hydrogen-bond donors (Lipinski definition) is 2. The van der Waals surface area contributed by atoms with E-state index in [1.165, 1.54) is 0 Å². The topological polar surface area (TPSA) is 49.3 Å². The molecule has 0 saturated heterocycles. The van der Waals surface area contributed by atoms with Gasteiger partial charge in [-0.15, -0.1) is 0 Å². The Labute approximate surface area is 107 Å². The van der Waals surface area contributed by atoms with E-state index in [0.717, 1.165) is 23.0 Å². The first kappa shape index (κ1) is 11.7. The lowest BCUT2D eigenvalue weighted by molar-refractivity contribution is -0.138. The van der Waals surface area contributed by atoms with E-state index in [9.17, 15) is 4.79 Å². The van der Waals surface area contributed by atoms with Crippen LogP contribution < -0.4 is 5.32 Å². The molecule has 1 fully saturated rings. The van der Waals surface area contributed by atoms with Gasteiger partial charge in [0.2, 0.25) is 0 Å². The maximum absolute atomic E-state index is 11.0. The van der Waals surface area contributed by atoms with Gasteiger partial charge in [-0.25, -0.2) is 4.79 Å². The zero-order valence-corrected chi connectivity index (χ0v) is 10.8. The molecule has 0 amide bonds. The van der Waals surface area contributed by atoms with Gasteiger partial charge in [0, 0.05) is 10.2 Å². The lowest BCUT2D eigenvalue weighted by Gasteiger charge is -2.15. The number of anilines is 1. The number of carboxylic acid groups (broad SMARTS) is 1. The Balaban J connectivity index is 2.12. The smallest absolute Gasteiger partial charge is 0.326 e. The fourth-order valence-corrected chi connectivity index (χ4v) is 2.07. The van der Waals surface area contributed by atoms with Crippen molar-refractivity contribution < 1.29 is 9.90 Å². The summed E-state index contributed by atoms with van der Waals surface area (Å²) in [5.74, 6) is -0.541. The molecule has 3 nitrogen and oxygen atoms in total. The zero-order chi connectivity index (χ0) is 11.7. The summed E-state index contributed by atoms with van der Waals surface area (Å²) >= 11 is 9.17. The van der Waals surface area contributed by atoms with E-state index in [4.69, 9.17) is 16.7 Å². The molecule has 1 atom stereocenters. The maximum atomic E-state index is 11.0. The predicted octanol–water partition coefficient (Wildman–Crippen LogP) is 3.38. The van der Waals surface area contributed by atoms with Crippen LogP contribution in [0, 0.1) is 5.92 Å². The molecule has 2 rings (SSSR count). The van der Waals surface area contributed by atoms with Crippen LogP contribution in [0.1, 0.15) is 12.8 Å². The van der Waals surface area contributed by atoms with Crippen molar-refractivity contribution in [1.82, 2.24) is 0 Å². The molecule has 1 aliphatic carbocycles. The van der Waals surface area contributed by atoms with Gasteiger partial charge in [-0.1, -0.05) is 11.6 Å². The highest BCUT2D eigenvalue weighted by Crippen LogP contribution is 2.35. The van der Waals surface area contributed by atoms with Crippen LogP contribution in [0.3, 0.4) is 0 Å². The number of aliphatic carboxylic acids is 1. The number of nitrogens with one attached hydrogen (secondary N) is 1. The molecule has 0 aromatic heterocycles. The molecule has 1 aliphatic rings. The maximum Gasteiger partial charge on any atom is 0.326 e. The molecule has 86 valence electrons. The van der Waals surface area contributed by atoms with E-state index < -0.39 is 12.0 Å². The van der Waals surface area contributed by atoms with E-state index >= 15 is 0 Å².